The van der Waals surface area contributed by atoms with Crippen molar-refractivity contribution in [3.63, 3.8) is 0 Å². The largest absolute Gasteiger partial charge is 0.468 e. The van der Waals surface area contributed by atoms with Crippen molar-refractivity contribution in [3.8, 4) is 0 Å². The van der Waals surface area contributed by atoms with Crippen LogP contribution in [0.5, 0.6) is 0 Å². The molecular weight excluding hydrogens is 236 g/mol. The van der Waals surface area contributed by atoms with E-state index in [-0.39, 0.29) is 0 Å². The molecule has 1 aliphatic carbocycles. The van der Waals surface area contributed by atoms with Gasteiger partial charge in [-0.2, -0.15) is 0 Å². The van der Waals surface area contributed by atoms with E-state index in [0.717, 1.165) is 30.8 Å². The van der Waals surface area contributed by atoms with E-state index in [4.69, 9.17) is 4.42 Å². The van der Waals surface area contributed by atoms with E-state index >= 15 is 0 Å². The Morgan fingerprint density at radius 3 is 2.68 bits per heavy atom. The van der Waals surface area contributed by atoms with Gasteiger partial charge >= 0.3 is 0 Å². The molecular formula is C16H28N2O. The molecule has 0 radical (unpaired) electrons. The highest BCUT2D eigenvalue weighted by Gasteiger charge is 2.23. The molecule has 1 aliphatic rings. The van der Waals surface area contributed by atoms with E-state index in [0.29, 0.717) is 0 Å². The number of furan rings is 1. The average Bonchev–Trinajstić information content (AvgIpc) is 2.86. The van der Waals surface area contributed by atoms with Gasteiger partial charge in [0.15, 0.2) is 0 Å². The number of nitrogens with zero attached hydrogens (tertiary/aromatic N) is 1. The second kappa shape index (κ2) is 7.11. The number of nitrogens with one attached hydrogen (secondary N) is 1. The summed E-state index contributed by atoms with van der Waals surface area (Å²) in [4.78, 5) is 2.48. The highest BCUT2D eigenvalue weighted by atomic mass is 16.3. The zero-order valence-electron chi connectivity index (χ0n) is 12.6. The quantitative estimate of drug-likeness (QED) is 0.853. The fraction of sp³-hybridized carbons (Fsp3) is 0.750. The van der Waals surface area contributed by atoms with Crippen LogP contribution in [0.3, 0.4) is 0 Å². The monoisotopic (exact) mass is 264 g/mol. The lowest BCUT2D eigenvalue weighted by atomic mass is 9.84. The molecule has 2 rings (SSSR count). The first-order chi connectivity index (χ1) is 9.24. The van der Waals surface area contributed by atoms with Crippen molar-refractivity contribution in [2.45, 2.75) is 58.2 Å². The summed E-state index contributed by atoms with van der Waals surface area (Å²) in [5, 5.41) is 3.20. The molecule has 0 spiro atoms. The van der Waals surface area contributed by atoms with Crippen molar-refractivity contribution in [3.05, 3.63) is 23.7 Å². The lowest BCUT2D eigenvalue weighted by Crippen LogP contribution is -2.34. The molecule has 1 N–H and O–H groups in total. The lowest BCUT2D eigenvalue weighted by Gasteiger charge is -2.34. The summed E-state index contributed by atoms with van der Waals surface area (Å²) in [5.41, 5.74) is 1.29. The van der Waals surface area contributed by atoms with Crippen LogP contribution in [0, 0.1) is 5.92 Å². The first-order valence-electron chi connectivity index (χ1n) is 7.64. The molecule has 108 valence electrons. The Morgan fingerprint density at radius 2 is 2.05 bits per heavy atom. The Kier molecular flexibility index (Phi) is 5.46. The Hall–Kier alpha value is -0.800. The zero-order valence-corrected chi connectivity index (χ0v) is 12.6. The Balaban J connectivity index is 1.87. The van der Waals surface area contributed by atoms with Crippen LogP contribution in [0.1, 0.15) is 50.4 Å². The van der Waals surface area contributed by atoms with Gasteiger partial charge in [-0.05, 0) is 51.8 Å². The van der Waals surface area contributed by atoms with Gasteiger partial charge in [-0.1, -0.05) is 13.3 Å². The van der Waals surface area contributed by atoms with Gasteiger partial charge in [-0.15, -0.1) is 0 Å². The van der Waals surface area contributed by atoms with E-state index < -0.39 is 0 Å². The van der Waals surface area contributed by atoms with E-state index in [1.54, 1.807) is 0 Å². The first kappa shape index (κ1) is 14.6. The standard InChI is InChI=1S/C16H28N2O/c1-4-13-5-7-15(8-6-13)18(3)12-16-14(11-17-2)9-10-19-16/h9-10,13,15,17H,4-8,11-12H2,1-3H3. The van der Waals surface area contributed by atoms with Crippen LogP contribution in [-0.4, -0.2) is 25.0 Å². The van der Waals surface area contributed by atoms with Gasteiger partial charge in [0.05, 0.1) is 12.8 Å². The van der Waals surface area contributed by atoms with Gasteiger partial charge in [0.1, 0.15) is 5.76 Å². The summed E-state index contributed by atoms with van der Waals surface area (Å²) in [6.45, 7) is 4.15. The van der Waals surface area contributed by atoms with Gasteiger partial charge < -0.3 is 9.73 Å². The molecule has 0 atom stereocenters. The topological polar surface area (TPSA) is 28.4 Å². The maximum absolute atomic E-state index is 5.64. The van der Waals surface area contributed by atoms with Gasteiger partial charge in [-0.25, -0.2) is 0 Å². The molecule has 1 heterocycles. The van der Waals surface area contributed by atoms with Gasteiger partial charge in [0.2, 0.25) is 0 Å². The van der Waals surface area contributed by atoms with Crippen LogP contribution in [0.15, 0.2) is 16.7 Å². The van der Waals surface area contributed by atoms with Crippen molar-refractivity contribution in [2.75, 3.05) is 14.1 Å². The van der Waals surface area contributed by atoms with Crippen LogP contribution >= 0.6 is 0 Å². The van der Waals surface area contributed by atoms with Crippen LogP contribution in [0.4, 0.5) is 0 Å². The fourth-order valence-corrected chi connectivity index (χ4v) is 3.20. The van der Waals surface area contributed by atoms with E-state index in [2.05, 4.69) is 30.3 Å². The normalized spacial score (nSPS) is 24.0. The zero-order chi connectivity index (χ0) is 13.7. The number of hydrogen-bond acceptors (Lipinski definition) is 3. The van der Waals surface area contributed by atoms with Crippen LogP contribution in [0.25, 0.3) is 0 Å². The third kappa shape index (κ3) is 3.83. The summed E-state index contributed by atoms with van der Waals surface area (Å²) in [7, 11) is 4.22. The smallest absolute Gasteiger partial charge is 0.122 e. The Bertz CT molecular complexity index is 367. The Morgan fingerprint density at radius 1 is 1.32 bits per heavy atom. The summed E-state index contributed by atoms with van der Waals surface area (Å²) in [6, 6.07) is 2.81. The molecule has 1 fully saturated rings. The molecule has 0 saturated heterocycles. The van der Waals surface area contributed by atoms with E-state index in [1.165, 1.54) is 37.7 Å². The molecule has 0 bridgehead atoms. The minimum Gasteiger partial charge on any atom is -0.468 e. The van der Waals surface area contributed by atoms with Crippen molar-refractivity contribution >= 4 is 0 Å². The molecule has 0 aromatic carbocycles. The molecule has 3 heteroatoms. The minimum absolute atomic E-state index is 0.732. The maximum atomic E-state index is 5.64. The van der Waals surface area contributed by atoms with Gasteiger partial charge in [0, 0.05) is 18.2 Å². The highest BCUT2D eigenvalue weighted by Crippen LogP contribution is 2.29. The van der Waals surface area contributed by atoms with Crippen molar-refractivity contribution in [2.24, 2.45) is 5.92 Å². The molecule has 1 saturated carbocycles. The van der Waals surface area contributed by atoms with Gasteiger partial charge in [-0.3, -0.25) is 4.90 Å². The highest BCUT2D eigenvalue weighted by molar-refractivity contribution is 5.16. The molecule has 0 aliphatic heterocycles. The molecule has 0 amide bonds. The molecule has 3 nitrogen and oxygen atoms in total. The van der Waals surface area contributed by atoms with Crippen LogP contribution in [-0.2, 0) is 13.1 Å². The summed E-state index contributed by atoms with van der Waals surface area (Å²) >= 11 is 0. The second-order valence-electron chi connectivity index (χ2n) is 5.90. The summed E-state index contributed by atoms with van der Waals surface area (Å²) in [5.74, 6) is 2.09. The fourth-order valence-electron chi connectivity index (χ4n) is 3.20. The van der Waals surface area contributed by atoms with E-state index in [9.17, 15) is 0 Å². The predicted octanol–water partition coefficient (Wildman–Crippen LogP) is 3.40. The Labute approximate surface area is 117 Å². The summed E-state index contributed by atoms with van der Waals surface area (Å²) in [6.07, 6.45) is 8.64. The van der Waals surface area contributed by atoms with Gasteiger partial charge in [0.25, 0.3) is 0 Å². The molecule has 0 unspecified atom stereocenters. The maximum Gasteiger partial charge on any atom is 0.122 e. The SMILES string of the molecule is CCC1CCC(N(C)Cc2occc2CNC)CC1. The molecule has 1 aromatic heterocycles. The van der Waals surface area contributed by atoms with Crippen molar-refractivity contribution in [1.82, 2.24) is 10.2 Å². The van der Waals surface area contributed by atoms with Crippen molar-refractivity contribution < 1.29 is 4.42 Å². The van der Waals surface area contributed by atoms with E-state index in [1.807, 2.05) is 13.3 Å². The van der Waals surface area contributed by atoms with Crippen molar-refractivity contribution in [1.29, 1.82) is 0 Å². The lowest BCUT2D eigenvalue weighted by molar-refractivity contribution is 0.148. The van der Waals surface area contributed by atoms with Crippen LogP contribution in [0.2, 0.25) is 0 Å². The van der Waals surface area contributed by atoms with Crippen LogP contribution < -0.4 is 5.32 Å². The third-order valence-electron chi connectivity index (χ3n) is 4.61. The average molecular weight is 264 g/mol. The predicted molar refractivity (Wildman–Crippen MR) is 79.0 cm³/mol. The second-order valence-corrected chi connectivity index (χ2v) is 5.90. The third-order valence-corrected chi connectivity index (χ3v) is 4.61. The minimum atomic E-state index is 0.732. The number of hydrogen-bond donors (Lipinski definition) is 1. The first-order valence-corrected chi connectivity index (χ1v) is 7.64. The summed E-state index contributed by atoms with van der Waals surface area (Å²) < 4.78 is 5.64. The molecule has 19 heavy (non-hydrogen) atoms. The molecule has 1 aromatic rings. The number of rotatable bonds is 6.